The standard InChI is InChI=1S/C18H20ClFN2O/c19-16-5-1-14(2-6-16)10-12-22-18(23)13-21-11-9-15-3-7-17(20)8-4-15/h1-8,21H,9-13H2,(H,22,23). The minimum Gasteiger partial charge on any atom is -0.355 e. The third-order valence-corrected chi connectivity index (χ3v) is 3.69. The number of amides is 1. The van der Waals surface area contributed by atoms with Crippen molar-refractivity contribution in [2.24, 2.45) is 0 Å². The van der Waals surface area contributed by atoms with Gasteiger partial charge in [-0.3, -0.25) is 4.79 Å². The summed E-state index contributed by atoms with van der Waals surface area (Å²) in [6, 6.07) is 14.0. The highest BCUT2D eigenvalue weighted by molar-refractivity contribution is 6.30. The number of halogens is 2. The number of carbonyl (C=O) groups excluding carboxylic acids is 1. The average molecular weight is 335 g/mol. The zero-order valence-corrected chi connectivity index (χ0v) is 13.6. The summed E-state index contributed by atoms with van der Waals surface area (Å²) >= 11 is 5.82. The highest BCUT2D eigenvalue weighted by Crippen LogP contribution is 2.09. The lowest BCUT2D eigenvalue weighted by Crippen LogP contribution is -2.35. The third-order valence-electron chi connectivity index (χ3n) is 3.44. The second-order valence-corrected chi connectivity index (χ2v) is 5.72. The fraction of sp³-hybridized carbons (Fsp3) is 0.278. The molecule has 122 valence electrons. The van der Waals surface area contributed by atoms with E-state index in [0.717, 1.165) is 24.0 Å². The molecule has 0 spiro atoms. The first-order valence-electron chi connectivity index (χ1n) is 7.60. The van der Waals surface area contributed by atoms with Crippen LogP contribution < -0.4 is 10.6 Å². The molecule has 0 atom stereocenters. The van der Waals surface area contributed by atoms with Crippen molar-refractivity contribution in [1.82, 2.24) is 10.6 Å². The van der Waals surface area contributed by atoms with E-state index in [4.69, 9.17) is 11.6 Å². The van der Waals surface area contributed by atoms with E-state index in [9.17, 15) is 9.18 Å². The molecule has 0 bridgehead atoms. The molecule has 0 unspecified atom stereocenters. The molecule has 0 radical (unpaired) electrons. The SMILES string of the molecule is O=C(CNCCc1ccc(F)cc1)NCCc1ccc(Cl)cc1. The molecule has 2 aromatic carbocycles. The van der Waals surface area contributed by atoms with Gasteiger partial charge in [0.15, 0.2) is 0 Å². The van der Waals surface area contributed by atoms with Crippen LogP contribution in [0.5, 0.6) is 0 Å². The molecular weight excluding hydrogens is 315 g/mol. The molecule has 2 N–H and O–H groups in total. The van der Waals surface area contributed by atoms with Crippen LogP contribution in [0.4, 0.5) is 4.39 Å². The number of rotatable bonds is 8. The molecule has 1 amide bonds. The molecule has 0 aliphatic heterocycles. The summed E-state index contributed by atoms with van der Waals surface area (Å²) in [7, 11) is 0. The maximum Gasteiger partial charge on any atom is 0.233 e. The normalized spacial score (nSPS) is 10.5. The highest BCUT2D eigenvalue weighted by Gasteiger charge is 2.01. The van der Waals surface area contributed by atoms with Crippen molar-refractivity contribution in [3.05, 3.63) is 70.5 Å². The summed E-state index contributed by atoms with van der Waals surface area (Å²) < 4.78 is 12.8. The minimum absolute atomic E-state index is 0.0296. The molecule has 0 saturated heterocycles. The molecule has 3 nitrogen and oxygen atoms in total. The second-order valence-electron chi connectivity index (χ2n) is 5.28. The smallest absolute Gasteiger partial charge is 0.233 e. The Morgan fingerprint density at radius 1 is 0.913 bits per heavy atom. The first-order valence-corrected chi connectivity index (χ1v) is 7.97. The van der Waals surface area contributed by atoms with Crippen LogP contribution >= 0.6 is 11.6 Å². The van der Waals surface area contributed by atoms with Gasteiger partial charge in [0, 0.05) is 11.6 Å². The largest absolute Gasteiger partial charge is 0.355 e. The summed E-state index contributed by atoms with van der Waals surface area (Å²) in [5.41, 5.74) is 2.18. The highest BCUT2D eigenvalue weighted by atomic mass is 35.5. The molecule has 5 heteroatoms. The van der Waals surface area contributed by atoms with Crippen molar-refractivity contribution in [2.45, 2.75) is 12.8 Å². The van der Waals surface area contributed by atoms with Crippen molar-refractivity contribution < 1.29 is 9.18 Å². The van der Waals surface area contributed by atoms with Gasteiger partial charge >= 0.3 is 0 Å². The Morgan fingerprint density at radius 2 is 1.48 bits per heavy atom. The molecule has 2 rings (SSSR count). The van der Waals surface area contributed by atoms with E-state index in [1.165, 1.54) is 12.1 Å². The van der Waals surface area contributed by atoms with Crippen LogP contribution in [0.15, 0.2) is 48.5 Å². The van der Waals surface area contributed by atoms with E-state index in [1.807, 2.05) is 24.3 Å². The van der Waals surface area contributed by atoms with Gasteiger partial charge in [0.2, 0.25) is 5.91 Å². The zero-order chi connectivity index (χ0) is 16.5. The number of hydrogen-bond donors (Lipinski definition) is 2. The van der Waals surface area contributed by atoms with Gasteiger partial charge < -0.3 is 10.6 Å². The Hall–Kier alpha value is -1.91. The van der Waals surface area contributed by atoms with E-state index >= 15 is 0 Å². The van der Waals surface area contributed by atoms with E-state index in [-0.39, 0.29) is 18.3 Å². The second kappa shape index (κ2) is 9.28. The number of benzene rings is 2. The van der Waals surface area contributed by atoms with Crippen LogP contribution in [0.2, 0.25) is 5.02 Å². The first kappa shape index (κ1) is 17.4. The predicted octanol–water partition coefficient (Wildman–Crippen LogP) is 2.97. The Labute approximate surface area is 140 Å². The minimum atomic E-state index is -0.234. The van der Waals surface area contributed by atoms with Gasteiger partial charge in [-0.25, -0.2) is 4.39 Å². The van der Waals surface area contributed by atoms with Crippen LogP contribution in [-0.4, -0.2) is 25.5 Å². The lowest BCUT2D eigenvalue weighted by atomic mass is 10.1. The number of hydrogen-bond acceptors (Lipinski definition) is 2. The van der Waals surface area contributed by atoms with E-state index in [2.05, 4.69) is 10.6 Å². The van der Waals surface area contributed by atoms with Crippen molar-refractivity contribution in [3.63, 3.8) is 0 Å². The Bertz CT molecular complexity index is 614. The van der Waals surface area contributed by atoms with Gasteiger partial charge in [-0.1, -0.05) is 35.9 Å². The van der Waals surface area contributed by atoms with Gasteiger partial charge in [-0.2, -0.15) is 0 Å². The number of nitrogens with one attached hydrogen (secondary N) is 2. The molecule has 0 aliphatic rings. The first-order chi connectivity index (χ1) is 11.1. The van der Waals surface area contributed by atoms with E-state index < -0.39 is 0 Å². The molecular formula is C18H20ClFN2O. The monoisotopic (exact) mass is 334 g/mol. The third kappa shape index (κ3) is 6.80. The van der Waals surface area contributed by atoms with Crippen LogP contribution in [0, 0.1) is 5.82 Å². The lowest BCUT2D eigenvalue weighted by Gasteiger charge is -2.07. The van der Waals surface area contributed by atoms with Crippen LogP contribution in [0.25, 0.3) is 0 Å². The molecule has 0 heterocycles. The fourth-order valence-corrected chi connectivity index (χ4v) is 2.27. The fourth-order valence-electron chi connectivity index (χ4n) is 2.15. The Balaban J connectivity index is 1.56. The van der Waals surface area contributed by atoms with Crippen molar-refractivity contribution >= 4 is 17.5 Å². The topological polar surface area (TPSA) is 41.1 Å². The van der Waals surface area contributed by atoms with Crippen LogP contribution in [0.1, 0.15) is 11.1 Å². The summed E-state index contributed by atoms with van der Waals surface area (Å²) in [6.45, 7) is 1.55. The van der Waals surface area contributed by atoms with Gasteiger partial charge in [0.25, 0.3) is 0 Å². The quantitative estimate of drug-likeness (QED) is 0.729. The van der Waals surface area contributed by atoms with Gasteiger partial charge in [0.05, 0.1) is 6.54 Å². The van der Waals surface area contributed by atoms with Crippen molar-refractivity contribution in [3.8, 4) is 0 Å². The molecule has 2 aromatic rings. The van der Waals surface area contributed by atoms with Crippen molar-refractivity contribution in [2.75, 3.05) is 19.6 Å². The molecule has 23 heavy (non-hydrogen) atoms. The van der Waals surface area contributed by atoms with Gasteiger partial charge in [-0.05, 0) is 54.8 Å². The molecule has 0 aromatic heterocycles. The maximum atomic E-state index is 12.8. The lowest BCUT2D eigenvalue weighted by molar-refractivity contribution is -0.120. The molecule has 0 fully saturated rings. The van der Waals surface area contributed by atoms with Crippen LogP contribution in [-0.2, 0) is 17.6 Å². The average Bonchev–Trinajstić information content (AvgIpc) is 2.55. The summed E-state index contributed by atoms with van der Waals surface area (Å²) in [5, 5.41) is 6.66. The number of carbonyl (C=O) groups is 1. The van der Waals surface area contributed by atoms with E-state index in [0.29, 0.717) is 18.1 Å². The predicted molar refractivity (Wildman–Crippen MR) is 91.1 cm³/mol. The molecule has 0 aliphatic carbocycles. The maximum absolute atomic E-state index is 12.8. The summed E-state index contributed by atoms with van der Waals surface area (Å²) in [4.78, 5) is 11.7. The molecule has 0 saturated carbocycles. The van der Waals surface area contributed by atoms with Gasteiger partial charge in [0.1, 0.15) is 5.82 Å². The summed E-state index contributed by atoms with van der Waals surface area (Å²) in [5.74, 6) is -0.264. The van der Waals surface area contributed by atoms with Crippen LogP contribution in [0.3, 0.4) is 0 Å². The Morgan fingerprint density at radius 3 is 2.13 bits per heavy atom. The van der Waals surface area contributed by atoms with Gasteiger partial charge in [-0.15, -0.1) is 0 Å². The van der Waals surface area contributed by atoms with Crippen molar-refractivity contribution in [1.29, 1.82) is 0 Å². The Kier molecular flexibility index (Phi) is 7.04. The van der Waals surface area contributed by atoms with E-state index in [1.54, 1.807) is 12.1 Å². The zero-order valence-electron chi connectivity index (χ0n) is 12.8. The summed E-state index contributed by atoms with van der Waals surface area (Å²) in [6.07, 6.45) is 1.54.